The maximum atomic E-state index is 10.9. The van der Waals surface area contributed by atoms with Crippen LogP contribution in [0.3, 0.4) is 0 Å². The van der Waals surface area contributed by atoms with E-state index in [1.165, 1.54) is 32.2 Å². The Hall–Kier alpha value is -1.95. The van der Waals surface area contributed by atoms with Gasteiger partial charge in [0, 0.05) is 18.1 Å². The van der Waals surface area contributed by atoms with Gasteiger partial charge in [0.05, 0.1) is 24.2 Å². The molecule has 0 aromatic heterocycles. The first-order valence-electron chi connectivity index (χ1n) is 4.95. The number of Topliss-reactive ketones (excluding diaryl/α,β-unsaturated/α-hetero) is 1. The zero-order valence-electron chi connectivity index (χ0n) is 9.54. The highest BCUT2D eigenvalue weighted by molar-refractivity contribution is 5.76. The molecule has 92 valence electrons. The molecule has 0 radical (unpaired) electrons. The minimum absolute atomic E-state index is 0.0474. The number of rotatable bonds is 5. The van der Waals surface area contributed by atoms with Gasteiger partial charge < -0.3 is 9.84 Å². The van der Waals surface area contributed by atoms with Crippen LogP contribution in [0.5, 0.6) is 5.75 Å². The third kappa shape index (κ3) is 3.25. The van der Waals surface area contributed by atoms with Crippen molar-refractivity contribution < 1.29 is 19.6 Å². The number of ketones is 1. The summed E-state index contributed by atoms with van der Waals surface area (Å²) in [5, 5.41) is 20.3. The summed E-state index contributed by atoms with van der Waals surface area (Å²) in [6, 6.07) is 3.88. The van der Waals surface area contributed by atoms with E-state index in [-0.39, 0.29) is 23.6 Å². The van der Waals surface area contributed by atoms with Gasteiger partial charge in [-0.1, -0.05) is 0 Å². The summed E-state index contributed by atoms with van der Waals surface area (Å²) in [5.41, 5.74) is 0.244. The SMILES string of the molecule is COc1cc([N+](=O)[O-])ccc1[C@H](O)CC(C)=O. The number of nitro benzene ring substituents is 1. The van der Waals surface area contributed by atoms with E-state index in [2.05, 4.69) is 0 Å². The molecule has 6 nitrogen and oxygen atoms in total. The molecule has 0 amide bonds. The molecule has 1 atom stereocenters. The number of nitrogens with zero attached hydrogens (tertiary/aromatic N) is 1. The number of ether oxygens (including phenoxy) is 1. The van der Waals surface area contributed by atoms with Gasteiger partial charge in [0.25, 0.3) is 5.69 Å². The average molecular weight is 239 g/mol. The Kier molecular flexibility index (Phi) is 4.17. The second-order valence-corrected chi connectivity index (χ2v) is 3.61. The molecule has 17 heavy (non-hydrogen) atoms. The van der Waals surface area contributed by atoms with Gasteiger partial charge in [0.2, 0.25) is 0 Å². The Morgan fingerprint density at radius 1 is 1.59 bits per heavy atom. The van der Waals surface area contributed by atoms with E-state index in [4.69, 9.17) is 4.74 Å². The van der Waals surface area contributed by atoms with Crippen molar-refractivity contribution >= 4 is 11.5 Å². The fourth-order valence-electron chi connectivity index (χ4n) is 1.47. The molecule has 0 saturated heterocycles. The van der Waals surface area contributed by atoms with E-state index >= 15 is 0 Å². The molecule has 1 aromatic rings. The van der Waals surface area contributed by atoms with Crippen LogP contribution in [-0.4, -0.2) is 22.9 Å². The second-order valence-electron chi connectivity index (χ2n) is 3.61. The van der Waals surface area contributed by atoms with E-state index in [1.54, 1.807) is 0 Å². The minimum Gasteiger partial charge on any atom is -0.496 e. The zero-order chi connectivity index (χ0) is 13.0. The van der Waals surface area contributed by atoms with Crippen LogP contribution >= 0.6 is 0 Å². The largest absolute Gasteiger partial charge is 0.496 e. The molecule has 0 saturated carbocycles. The van der Waals surface area contributed by atoms with Crippen LogP contribution in [0.2, 0.25) is 0 Å². The third-order valence-corrected chi connectivity index (χ3v) is 2.27. The van der Waals surface area contributed by atoms with Crippen molar-refractivity contribution in [2.75, 3.05) is 7.11 Å². The maximum absolute atomic E-state index is 10.9. The number of carbonyl (C=O) groups is 1. The Morgan fingerprint density at radius 2 is 2.24 bits per heavy atom. The summed E-state index contributed by atoms with van der Waals surface area (Å²) < 4.78 is 4.96. The number of benzene rings is 1. The number of non-ortho nitro benzene ring substituents is 1. The Balaban J connectivity index is 3.07. The smallest absolute Gasteiger partial charge is 0.273 e. The van der Waals surface area contributed by atoms with E-state index in [1.807, 2.05) is 0 Å². The van der Waals surface area contributed by atoms with Crippen molar-refractivity contribution in [3.63, 3.8) is 0 Å². The van der Waals surface area contributed by atoms with Crippen LogP contribution in [0.4, 0.5) is 5.69 Å². The van der Waals surface area contributed by atoms with Gasteiger partial charge in [-0.3, -0.25) is 14.9 Å². The Labute approximate surface area is 98.0 Å². The molecule has 0 unspecified atom stereocenters. The molecule has 0 aliphatic rings. The predicted octanol–water partition coefficient (Wildman–Crippen LogP) is 1.62. The van der Waals surface area contributed by atoms with Gasteiger partial charge in [-0.15, -0.1) is 0 Å². The first-order chi connectivity index (χ1) is 7.95. The summed E-state index contributed by atoms with van der Waals surface area (Å²) in [6.45, 7) is 1.36. The first-order valence-corrected chi connectivity index (χ1v) is 4.95. The highest BCUT2D eigenvalue weighted by Crippen LogP contribution is 2.30. The lowest BCUT2D eigenvalue weighted by molar-refractivity contribution is -0.384. The van der Waals surface area contributed by atoms with Crippen LogP contribution in [0.25, 0.3) is 0 Å². The van der Waals surface area contributed by atoms with Crippen LogP contribution in [0.15, 0.2) is 18.2 Å². The van der Waals surface area contributed by atoms with E-state index in [9.17, 15) is 20.0 Å². The molecular weight excluding hydrogens is 226 g/mol. The monoisotopic (exact) mass is 239 g/mol. The number of aliphatic hydroxyl groups is 1. The fourth-order valence-corrected chi connectivity index (χ4v) is 1.47. The molecule has 1 rings (SSSR count). The van der Waals surface area contributed by atoms with Crippen molar-refractivity contribution in [1.29, 1.82) is 0 Å². The average Bonchev–Trinajstić information content (AvgIpc) is 2.27. The van der Waals surface area contributed by atoms with Crippen molar-refractivity contribution in [1.82, 2.24) is 0 Å². The molecule has 0 bridgehead atoms. The first kappa shape index (κ1) is 13.1. The normalized spacial score (nSPS) is 11.9. The molecule has 1 N–H and O–H groups in total. The van der Waals surface area contributed by atoms with Gasteiger partial charge in [0.1, 0.15) is 11.5 Å². The van der Waals surface area contributed by atoms with Crippen molar-refractivity contribution in [2.24, 2.45) is 0 Å². The number of carbonyl (C=O) groups excluding carboxylic acids is 1. The minimum atomic E-state index is -1.01. The van der Waals surface area contributed by atoms with E-state index < -0.39 is 11.0 Å². The molecule has 0 fully saturated rings. The van der Waals surface area contributed by atoms with Crippen molar-refractivity contribution in [3.8, 4) is 5.75 Å². The van der Waals surface area contributed by atoms with Crippen LogP contribution in [0.1, 0.15) is 25.0 Å². The lowest BCUT2D eigenvalue weighted by atomic mass is 10.0. The summed E-state index contributed by atoms with van der Waals surface area (Å²) in [4.78, 5) is 20.9. The van der Waals surface area contributed by atoms with Crippen molar-refractivity contribution in [2.45, 2.75) is 19.4 Å². The molecule has 0 aliphatic carbocycles. The van der Waals surface area contributed by atoms with Crippen LogP contribution in [-0.2, 0) is 4.79 Å². The van der Waals surface area contributed by atoms with Crippen LogP contribution in [0, 0.1) is 10.1 Å². The second kappa shape index (κ2) is 5.40. The van der Waals surface area contributed by atoms with Gasteiger partial charge in [0.15, 0.2) is 0 Å². The van der Waals surface area contributed by atoms with E-state index in [0.717, 1.165) is 0 Å². The summed E-state index contributed by atoms with van der Waals surface area (Å²) in [5.74, 6) is 0.0332. The standard InChI is InChI=1S/C11H13NO5/c1-7(13)5-10(14)9-4-3-8(12(15)16)6-11(9)17-2/h3-4,6,10,14H,5H2,1-2H3/t10-/m1/s1. The number of aliphatic hydroxyl groups excluding tert-OH is 1. The number of methoxy groups -OCH3 is 1. The quantitative estimate of drug-likeness (QED) is 0.622. The molecule has 1 aromatic carbocycles. The molecule has 0 heterocycles. The molecule has 0 spiro atoms. The fraction of sp³-hybridized carbons (Fsp3) is 0.364. The molecular formula is C11H13NO5. The maximum Gasteiger partial charge on any atom is 0.273 e. The number of hydrogen-bond donors (Lipinski definition) is 1. The highest BCUT2D eigenvalue weighted by Gasteiger charge is 2.18. The third-order valence-electron chi connectivity index (χ3n) is 2.27. The van der Waals surface area contributed by atoms with E-state index in [0.29, 0.717) is 5.56 Å². The predicted molar refractivity (Wildman–Crippen MR) is 59.9 cm³/mol. The topological polar surface area (TPSA) is 89.7 Å². The molecule has 6 heteroatoms. The van der Waals surface area contributed by atoms with Gasteiger partial charge in [-0.05, 0) is 13.0 Å². The summed E-state index contributed by atoms with van der Waals surface area (Å²) >= 11 is 0. The highest BCUT2D eigenvalue weighted by atomic mass is 16.6. The van der Waals surface area contributed by atoms with Gasteiger partial charge in [-0.25, -0.2) is 0 Å². The lowest BCUT2D eigenvalue weighted by Gasteiger charge is -2.13. The lowest BCUT2D eigenvalue weighted by Crippen LogP contribution is -2.05. The zero-order valence-corrected chi connectivity index (χ0v) is 9.54. The number of nitro groups is 1. The van der Waals surface area contributed by atoms with Crippen molar-refractivity contribution in [3.05, 3.63) is 33.9 Å². The summed E-state index contributed by atoms with van der Waals surface area (Å²) in [7, 11) is 1.35. The van der Waals surface area contributed by atoms with Gasteiger partial charge in [-0.2, -0.15) is 0 Å². The Bertz CT molecular complexity index is 443. The molecule has 0 aliphatic heterocycles. The van der Waals surface area contributed by atoms with Gasteiger partial charge >= 0.3 is 0 Å². The Morgan fingerprint density at radius 3 is 2.71 bits per heavy atom. The van der Waals surface area contributed by atoms with Crippen LogP contribution < -0.4 is 4.74 Å². The summed E-state index contributed by atoms with van der Waals surface area (Å²) in [6.07, 6.45) is -1.06. The number of hydrogen-bond acceptors (Lipinski definition) is 5.